The van der Waals surface area contributed by atoms with Gasteiger partial charge in [-0.2, -0.15) is 0 Å². The maximum absolute atomic E-state index is 6.48. The molecule has 162 valence electrons. The molecule has 4 aromatic carbocycles. The lowest BCUT2D eigenvalue weighted by atomic mass is 9.92. The Hall–Kier alpha value is -3.21. The molecule has 33 heavy (non-hydrogen) atoms. The van der Waals surface area contributed by atoms with Crippen molar-refractivity contribution in [3.8, 4) is 0 Å². The molecular weight excluding hydrogens is 448 g/mol. The number of para-hydroxylation sites is 1. The summed E-state index contributed by atoms with van der Waals surface area (Å²) in [5, 5.41) is 5.57. The molecule has 4 aromatic rings. The van der Waals surface area contributed by atoms with Gasteiger partial charge >= 0.3 is 0 Å². The number of rotatable bonds is 3. The zero-order valence-corrected chi connectivity index (χ0v) is 19.3. The van der Waals surface area contributed by atoms with Gasteiger partial charge in [0.15, 0.2) is 5.84 Å². The molecule has 0 fully saturated rings. The molecule has 0 saturated heterocycles. The maximum atomic E-state index is 6.48. The van der Waals surface area contributed by atoms with E-state index >= 15 is 0 Å². The van der Waals surface area contributed by atoms with Gasteiger partial charge in [0.2, 0.25) is 5.72 Å². The quantitative estimate of drug-likeness (QED) is 0.309. The number of nitrogens with zero attached hydrogens (tertiary/aromatic N) is 2. The summed E-state index contributed by atoms with van der Waals surface area (Å²) in [4.78, 5) is 9.96. The molecule has 5 heteroatoms. The number of oxime groups is 1. The van der Waals surface area contributed by atoms with E-state index in [2.05, 4.69) is 83.8 Å². The SMILES string of the molecule is Clc1ccc([C@]23C[C@@H](c4ccccc4)Sc4ccccc4N2C(c2ccccc2)=NO3)cc1. The average molecular weight is 469 g/mol. The minimum atomic E-state index is -0.796. The minimum Gasteiger partial charge on any atom is -0.360 e. The summed E-state index contributed by atoms with van der Waals surface area (Å²) in [6, 6.07) is 37.4. The van der Waals surface area contributed by atoms with Crippen LogP contribution in [0.4, 0.5) is 5.69 Å². The van der Waals surface area contributed by atoms with Crippen molar-refractivity contribution in [3.63, 3.8) is 0 Å². The van der Waals surface area contributed by atoms with Crippen molar-refractivity contribution < 1.29 is 4.84 Å². The molecule has 3 nitrogen and oxygen atoms in total. The number of halogens is 1. The lowest BCUT2D eigenvalue weighted by Gasteiger charge is -2.37. The molecule has 2 atom stereocenters. The van der Waals surface area contributed by atoms with Crippen LogP contribution in [0.3, 0.4) is 0 Å². The van der Waals surface area contributed by atoms with E-state index in [-0.39, 0.29) is 5.25 Å². The smallest absolute Gasteiger partial charge is 0.242 e. The number of hydrogen-bond acceptors (Lipinski definition) is 4. The van der Waals surface area contributed by atoms with Gasteiger partial charge in [0.25, 0.3) is 0 Å². The number of amidine groups is 1. The summed E-state index contributed by atoms with van der Waals surface area (Å²) < 4.78 is 0. The van der Waals surface area contributed by atoms with Gasteiger partial charge in [-0.1, -0.05) is 102 Å². The van der Waals surface area contributed by atoms with Crippen LogP contribution in [0.5, 0.6) is 0 Å². The van der Waals surface area contributed by atoms with Gasteiger partial charge in [-0.05, 0) is 29.8 Å². The van der Waals surface area contributed by atoms with Crippen molar-refractivity contribution >= 4 is 34.9 Å². The van der Waals surface area contributed by atoms with Gasteiger partial charge < -0.3 is 4.84 Å². The summed E-state index contributed by atoms with van der Waals surface area (Å²) in [7, 11) is 0. The Labute approximate surface area is 202 Å². The van der Waals surface area contributed by atoms with Crippen molar-refractivity contribution in [3.05, 3.63) is 131 Å². The maximum Gasteiger partial charge on any atom is 0.242 e. The van der Waals surface area contributed by atoms with E-state index in [0.717, 1.165) is 29.1 Å². The van der Waals surface area contributed by atoms with Gasteiger partial charge in [0.05, 0.1) is 5.69 Å². The average Bonchev–Trinajstić information content (AvgIpc) is 3.18. The minimum absolute atomic E-state index is 0.179. The van der Waals surface area contributed by atoms with Crippen LogP contribution in [-0.4, -0.2) is 5.84 Å². The monoisotopic (exact) mass is 468 g/mol. The Balaban J connectivity index is 1.59. The van der Waals surface area contributed by atoms with Gasteiger partial charge in [0, 0.05) is 32.7 Å². The third-order valence-electron chi connectivity index (χ3n) is 6.19. The molecule has 0 spiro atoms. The predicted molar refractivity (Wildman–Crippen MR) is 136 cm³/mol. The molecule has 6 rings (SSSR count). The van der Waals surface area contributed by atoms with Gasteiger partial charge in [-0.25, -0.2) is 0 Å². The molecule has 0 N–H and O–H groups in total. The highest BCUT2D eigenvalue weighted by atomic mass is 35.5. The fourth-order valence-corrected chi connectivity index (χ4v) is 6.10. The third kappa shape index (κ3) is 3.50. The van der Waals surface area contributed by atoms with E-state index in [1.165, 1.54) is 10.5 Å². The van der Waals surface area contributed by atoms with Crippen molar-refractivity contribution in [1.82, 2.24) is 0 Å². The molecule has 0 bridgehead atoms. The van der Waals surface area contributed by atoms with Crippen LogP contribution >= 0.6 is 23.4 Å². The summed E-state index contributed by atoms with van der Waals surface area (Å²) in [6.45, 7) is 0. The van der Waals surface area contributed by atoms with Gasteiger partial charge in [-0.15, -0.1) is 11.8 Å². The number of fused-ring (bicyclic) bond motifs is 3. The van der Waals surface area contributed by atoms with Crippen LogP contribution in [0.15, 0.2) is 119 Å². The molecular formula is C28H21ClN2OS. The molecule has 0 unspecified atom stereocenters. The van der Waals surface area contributed by atoms with Crippen molar-refractivity contribution in [2.24, 2.45) is 5.16 Å². The normalized spacial score (nSPS) is 21.4. The molecule has 2 heterocycles. The van der Waals surface area contributed by atoms with E-state index in [4.69, 9.17) is 21.6 Å². The first kappa shape index (κ1) is 20.4. The second-order valence-electron chi connectivity index (χ2n) is 8.19. The van der Waals surface area contributed by atoms with Crippen molar-refractivity contribution in [2.45, 2.75) is 22.3 Å². The zero-order valence-electron chi connectivity index (χ0n) is 17.8. The fraction of sp³-hybridized carbons (Fsp3) is 0.107. The first-order valence-electron chi connectivity index (χ1n) is 10.9. The van der Waals surface area contributed by atoms with Gasteiger partial charge in [0.1, 0.15) is 0 Å². The molecule has 2 aliphatic heterocycles. The van der Waals surface area contributed by atoms with E-state index in [1.54, 1.807) is 0 Å². The molecule has 0 radical (unpaired) electrons. The van der Waals surface area contributed by atoms with Crippen molar-refractivity contribution in [2.75, 3.05) is 4.90 Å². The van der Waals surface area contributed by atoms with E-state index in [1.807, 2.05) is 42.1 Å². The first-order valence-corrected chi connectivity index (χ1v) is 12.2. The van der Waals surface area contributed by atoms with Crippen molar-refractivity contribution in [1.29, 1.82) is 0 Å². The van der Waals surface area contributed by atoms with E-state index < -0.39 is 5.72 Å². The Morgan fingerprint density at radius 2 is 1.48 bits per heavy atom. The molecule has 0 aliphatic carbocycles. The van der Waals surface area contributed by atoms with Crippen LogP contribution in [0.2, 0.25) is 5.02 Å². The van der Waals surface area contributed by atoms with Crippen LogP contribution < -0.4 is 4.90 Å². The Kier molecular flexibility index (Phi) is 5.12. The predicted octanol–water partition coefficient (Wildman–Crippen LogP) is 7.63. The second-order valence-corrected chi connectivity index (χ2v) is 9.87. The van der Waals surface area contributed by atoms with E-state index in [9.17, 15) is 0 Å². The molecule has 0 amide bonds. The number of anilines is 1. The lowest BCUT2D eigenvalue weighted by molar-refractivity contribution is -0.0283. The van der Waals surface area contributed by atoms with E-state index in [0.29, 0.717) is 5.02 Å². The summed E-state index contributed by atoms with van der Waals surface area (Å²) in [5.41, 5.74) is 3.61. The Morgan fingerprint density at radius 1 is 0.818 bits per heavy atom. The number of benzene rings is 4. The number of thioether (sulfide) groups is 1. The lowest BCUT2D eigenvalue weighted by Crippen LogP contribution is -2.47. The summed E-state index contributed by atoms with van der Waals surface area (Å²) in [6.07, 6.45) is 0.720. The number of hydrogen-bond donors (Lipinski definition) is 0. The fourth-order valence-electron chi connectivity index (χ4n) is 4.63. The summed E-state index contributed by atoms with van der Waals surface area (Å²) in [5.74, 6) is 0.812. The van der Waals surface area contributed by atoms with Gasteiger partial charge in [-0.3, -0.25) is 4.90 Å². The second kappa shape index (κ2) is 8.29. The molecule has 0 aromatic heterocycles. The summed E-state index contributed by atoms with van der Waals surface area (Å²) >= 11 is 8.14. The Morgan fingerprint density at radius 3 is 2.24 bits per heavy atom. The molecule has 0 saturated carbocycles. The van der Waals surface area contributed by atoms with Crippen LogP contribution in [-0.2, 0) is 10.6 Å². The topological polar surface area (TPSA) is 24.8 Å². The van der Waals surface area contributed by atoms with Crippen LogP contribution in [0.1, 0.15) is 28.4 Å². The Bertz CT molecular complexity index is 1310. The highest BCUT2D eigenvalue weighted by Gasteiger charge is 2.52. The third-order valence-corrected chi connectivity index (χ3v) is 7.77. The van der Waals surface area contributed by atoms with Crippen LogP contribution in [0, 0.1) is 0 Å². The molecule has 2 aliphatic rings. The zero-order chi connectivity index (χ0) is 22.3. The highest BCUT2D eigenvalue weighted by Crippen LogP contribution is 2.56. The highest BCUT2D eigenvalue weighted by molar-refractivity contribution is 7.99. The largest absolute Gasteiger partial charge is 0.360 e. The first-order chi connectivity index (χ1) is 16.2. The van der Waals surface area contributed by atoms with Crippen LogP contribution in [0.25, 0.3) is 0 Å². The standard InChI is InChI=1S/C28H21ClN2OS/c29-23-17-15-22(16-18-23)28-19-26(20-9-3-1-4-10-20)33-25-14-8-7-13-24(25)31(28)27(30-32-28)21-11-5-2-6-12-21/h1-18,26H,19H2/t26-,28+/m0/s1.